The van der Waals surface area contributed by atoms with Crippen LogP contribution in [0.15, 0.2) is 24.3 Å². The largest absolute Gasteiger partial charge is 0.493 e. The van der Waals surface area contributed by atoms with Gasteiger partial charge in [-0.2, -0.15) is 0 Å². The average Bonchev–Trinajstić information content (AvgIpc) is 2.84. The van der Waals surface area contributed by atoms with Gasteiger partial charge in [-0.1, -0.05) is 46.8 Å². The zero-order valence-electron chi connectivity index (χ0n) is 24.1. The van der Waals surface area contributed by atoms with Crippen molar-refractivity contribution in [3.05, 3.63) is 29.8 Å². The first-order valence-corrected chi connectivity index (χ1v) is 13.1. The number of aliphatic hydroxyl groups is 1. The fourth-order valence-electron chi connectivity index (χ4n) is 4.03. The maximum atomic E-state index is 12.9. The van der Waals surface area contributed by atoms with Crippen LogP contribution in [0.25, 0.3) is 0 Å². The summed E-state index contributed by atoms with van der Waals surface area (Å²) in [5.74, 6) is 0.304. The molecular weight excluding hydrogens is 510 g/mol. The van der Waals surface area contributed by atoms with E-state index in [0.717, 1.165) is 12.8 Å². The Morgan fingerprint density at radius 1 is 1.03 bits per heavy atom. The lowest BCUT2D eigenvalue weighted by Gasteiger charge is -2.30. The van der Waals surface area contributed by atoms with Crippen LogP contribution in [-0.4, -0.2) is 75.7 Å². The van der Waals surface area contributed by atoms with Crippen molar-refractivity contribution in [2.24, 2.45) is 23.0 Å². The first kappa shape index (κ1) is 36.1. The van der Waals surface area contributed by atoms with Crippen LogP contribution in [0.3, 0.4) is 0 Å². The molecule has 5 N–H and O–H groups in total. The summed E-state index contributed by atoms with van der Waals surface area (Å²) in [4.78, 5) is 25.4. The summed E-state index contributed by atoms with van der Waals surface area (Å²) < 4.78 is 16.2. The molecule has 0 spiro atoms. The minimum Gasteiger partial charge on any atom is -0.493 e. The molecule has 4 atom stereocenters. The van der Waals surface area contributed by atoms with Crippen molar-refractivity contribution >= 4 is 24.2 Å². The Kier molecular flexibility index (Phi) is 17.5. The number of amides is 2. The Morgan fingerprint density at radius 2 is 1.66 bits per heavy atom. The summed E-state index contributed by atoms with van der Waals surface area (Å²) >= 11 is 0. The van der Waals surface area contributed by atoms with E-state index < -0.39 is 18.2 Å². The molecule has 1 aromatic rings. The predicted molar refractivity (Wildman–Crippen MR) is 153 cm³/mol. The van der Waals surface area contributed by atoms with Gasteiger partial charge in [0.05, 0.1) is 18.3 Å². The Hall–Kier alpha value is -1.91. The normalized spacial score (nSPS) is 14.7. The molecule has 1 rings (SSSR count). The third-order valence-corrected chi connectivity index (χ3v) is 6.41. The molecule has 1 aromatic carbocycles. The molecule has 0 aliphatic heterocycles. The lowest BCUT2D eigenvalue weighted by molar-refractivity contribution is -0.137. The third kappa shape index (κ3) is 12.8. The SMILES string of the molecule is COCCCCOc1ccccc1C(=O)NCC(CC(N)C(O)CNC(=O)C(OC)C(C)(C)C)C(C)C.Cl. The second kappa shape index (κ2) is 18.4. The first-order chi connectivity index (χ1) is 17.4. The number of nitrogens with one attached hydrogen (secondary N) is 2. The molecule has 0 saturated carbocycles. The Bertz CT molecular complexity index is 818. The Morgan fingerprint density at radius 3 is 2.24 bits per heavy atom. The Balaban J connectivity index is 0.0000137. The zero-order chi connectivity index (χ0) is 28.0. The third-order valence-electron chi connectivity index (χ3n) is 6.41. The molecule has 0 aliphatic carbocycles. The van der Waals surface area contributed by atoms with Crippen LogP contribution in [0.5, 0.6) is 5.75 Å². The smallest absolute Gasteiger partial charge is 0.255 e. The van der Waals surface area contributed by atoms with E-state index in [1.54, 1.807) is 25.3 Å². The predicted octanol–water partition coefficient (Wildman–Crippen LogP) is 3.17. The summed E-state index contributed by atoms with van der Waals surface area (Å²) in [6.45, 7) is 11.5. The number of hydrogen-bond acceptors (Lipinski definition) is 7. The van der Waals surface area contributed by atoms with Gasteiger partial charge in [-0.15, -0.1) is 12.4 Å². The number of carbonyl (C=O) groups excluding carboxylic acids is 2. The van der Waals surface area contributed by atoms with Gasteiger partial charge < -0.3 is 35.7 Å². The highest BCUT2D eigenvalue weighted by atomic mass is 35.5. The van der Waals surface area contributed by atoms with Crippen molar-refractivity contribution < 1.29 is 28.9 Å². The molecule has 9 nitrogen and oxygen atoms in total. The number of rotatable bonds is 17. The molecule has 0 saturated heterocycles. The molecule has 2 amide bonds. The molecule has 0 aliphatic rings. The van der Waals surface area contributed by atoms with Crippen molar-refractivity contribution in [1.82, 2.24) is 10.6 Å². The van der Waals surface area contributed by atoms with Crippen LogP contribution in [0.4, 0.5) is 0 Å². The summed E-state index contributed by atoms with van der Waals surface area (Å²) in [6.07, 6.45) is 0.652. The van der Waals surface area contributed by atoms with Crippen molar-refractivity contribution in [2.75, 3.05) is 40.5 Å². The van der Waals surface area contributed by atoms with E-state index in [9.17, 15) is 14.7 Å². The fraction of sp³-hybridized carbons (Fsp3) is 0.714. The molecule has 0 bridgehead atoms. The monoisotopic (exact) mass is 559 g/mol. The van der Waals surface area contributed by atoms with Crippen LogP contribution in [0, 0.1) is 17.3 Å². The number of carbonyl (C=O) groups is 2. The van der Waals surface area contributed by atoms with E-state index in [1.807, 2.05) is 26.8 Å². The highest BCUT2D eigenvalue weighted by Gasteiger charge is 2.32. The molecule has 4 unspecified atom stereocenters. The summed E-state index contributed by atoms with van der Waals surface area (Å²) in [5.41, 5.74) is 6.40. The summed E-state index contributed by atoms with van der Waals surface area (Å²) in [5, 5.41) is 16.3. The van der Waals surface area contributed by atoms with Crippen LogP contribution in [0.2, 0.25) is 0 Å². The second-order valence-corrected chi connectivity index (χ2v) is 11.0. The van der Waals surface area contributed by atoms with Gasteiger partial charge in [0.1, 0.15) is 11.9 Å². The van der Waals surface area contributed by atoms with E-state index in [4.69, 9.17) is 19.9 Å². The number of halogens is 1. The number of unbranched alkanes of at least 4 members (excludes halogenated alkanes) is 1. The van der Waals surface area contributed by atoms with Crippen molar-refractivity contribution in [3.8, 4) is 5.75 Å². The lowest BCUT2D eigenvalue weighted by atomic mass is 9.87. The molecule has 0 aromatic heterocycles. The standard InChI is InChI=1S/C28H49N3O6.ClH/c1-19(2)20(16-22(29)23(32)18-31-27(34)25(36-7)28(3,4)5)17-30-26(33)21-12-8-9-13-24(21)37-15-11-10-14-35-6;/h8-9,12-13,19-20,22-23,25,32H,10-11,14-18,29H2,1-7H3,(H,30,33)(H,31,34);1H. The van der Waals surface area contributed by atoms with E-state index in [-0.39, 0.29) is 48.0 Å². The van der Waals surface area contributed by atoms with E-state index in [1.165, 1.54) is 7.11 Å². The molecule has 0 heterocycles. The molecule has 220 valence electrons. The number of para-hydroxylation sites is 1. The minimum absolute atomic E-state index is 0. The summed E-state index contributed by atoms with van der Waals surface area (Å²) in [6, 6.07) is 6.62. The van der Waals surface area contributed by atoms with Crippen molar-refractivity contribution in [1.29, 1.82) is 0 Å². The van der Waals surface area contributed by atoms with Crippen molar-refractivity contribution in [2.45, 2.75) is 72.1 Å². The second-order valence-electron chi connectivity index (χ2n) is 11.0. The highest BCUT2D eigenvalue weighted by Crippen LogP contribution is 2.22. The number of methoxy groups -OCH3 is 2. The molecule has 0 radical (unpaired) electrons. The van der Waals surface area contributed by atoms with Crippen LogP contribution < -0.4 is 21.1 Å². The van der Waals surface area contributed by atoms with Gasteiger partial charge in [-0.25, -0.2) is 0 Å². The maximum absolute atomic E-state index is 12.9. The van der Waals surface area contributed by atoms with E-state index in [2.05, 4.69) is 24.5 Å². The topological polar surface area (TPSA) is 132 Å². The van der Waals surface area contributed by atoms with Crippen LogP contribution >= 0.6 is 12.4 Å². The molecule has 10 heteroatoms. The number of nitrogens with two attached hydrogens (primary N) is 1. The average molecular weight is 560 g/mol. The number of ether oxygens (including phenoxy) is 3. The fourth-order valence-corrected chi connectivity index (χ4v) is 4.03. The van der Waals surface area contributed by atoms with E-state index in [0.29, 0.717) is 37.5 Å². The quantitative estimate of drug-likeness (QED) is 0.215. The van der Waals surface area contributed by atoms with Gasteiger partial charge in [0.15, 0.2) is 0 Å². The molecule has 38 heavy (non-hydrogen) atoms. The Labute approximate surface area is 235 Å². The van der Waals surface area contributed by atoms with Gasteiger partial charge in [0.2, 0.25) is 5.91 Å². The number of hydrogen-bond donors (Lipinski definition) is 4. The summed E-state index contributed by atoms with van der Waals surface area (Å²) in [7, 11) is 3.16. The maximum Gasteiger partial charge on any atom is 0.255 e. The number of aliphatic hydroxyl groups excluding tert-OH is 1. The van der Waals surface area contributed by atoms with Gasteiger partial charge in [-0.05, 0) is 48.6 Å². The highest BCUT2D eigenvalue weighted by molar-refractivity contribution is 5.96. The van der Waals surface area contributed by atoms with Gasteiger partial charge in [0, 0.05) is 40.0 Å². The lowest BCUT2D eigenvalue weighted by Crippen LogP contribution is -2.50. The van der Waals surface area contributed by atoms with Crippen LogP contribution in [-0.2, 0) is 14.3 Å². The van der Waals surface area contributed by atoms with Crippen molar-refractivity contribution in [3.63, 3.8) is 0 Å². The van der Waals surface area contributed by atoms with Gasteiger partial charge >= 0.3 is 0 Å². The molecule has 0 fully saturated rings. The zero-order valence-corrected chi connectivity index (χ0v) is 24.9. The first-order valence-electron chi connectivity index (χ1n) is 13.1. The number of benzene rings is 1. The van der Waals surface area contributed by atoms with Gasteiger partial charge in [0.25, 0.3) is 5.91 Å². The minimum atomic E-state index is -0.925. The van der Waals surface area contributed by atoms with Gasteiger partial charge in [-0.3, -0.25) is 9.59 Å². The molecular formula is C28H50ClN3O6. The van der Waals surface area contributed by atoms with Crippen LogP contribution in [0.1, 0.15) is 64.2 Å². The van der Waals surface area contributed by atoms with E-state index >= 15 is 0 Å².